The Morgan fingerprint density at radius 1 is 0.848 bits per heavy atom. The summed E-state index contributed by atoms with van der Waals surface area (Å²) in [6, 6.07) is 28.3. The molecule has 1 N–H and O–H groups in total. The Labute approximate surface area is 270 Å². The minimum atomic E-state index is -4.30. The molecule has 46 heavy (non-hydrogen) atoms. The second kappa shape index (κ2) is 16.0. The minimum Gasteiger partial charge on any atom is -0.492 e. The van der Waals surface area contributed by atoms with Crippen LogP contribution in [0.5, 0.6) is 5.75 Å². The molecule has 4 aromatic rings. The Hall–Kier alpha value is -4.70. The van der Waals surface area contributed by atoms with Gasteiger partial charge in [-0.3, -0.25) is 13.9 Å². The number of anilines is 1. The van der Waals surface area contributed by atoms with Crippen LogP contribution in [-0.2, 0) is 32.6 Å². The van der Waals surface area contributed by atoms with Gasteiger partial charge in [0.05, 0.1) is 17.2 Å². The van der Waals surface area contributed by atoms with E-state index in [1.807, 2.05) is 44.2 Å². The number of rotatable bonds is 15. The molecular weight excluding hydrogens is 605 g/mol. The summed E-state index contributed by atoms with van der Waals surface area (Å²) in [5.41, 5.74) is 1.14. The summed E-state index contributed by atoms with van der Waals surface area (Å²) in [5, 5.41) is 2.97. The Morgan fingerprint density at radius 2 is 1.46 bits per heavy atom. The van der Waals surface area contributed by atoms with E-state index in [9.17, 15) is 18.0 Å². The molecule has 8 nitrogen and oxygen atoms in total. The summed E-state index contributed by atoms with van der Waals surface area (Å²) in [7, 11) is -4.30. The van der Waals surface area contributed by atoms with E-state index in [-0.39, 0.29) is 47.5 Å². The first kappa shape index (κ1) is 34.2. The van der Waals surface area contributed by atoms with Crippen molar-refractivity contribution in [1.29, 1.82) is 0 Å². The van der Waals surface area contributed by atoms with Crippen LogP contribution >= 0.6 is 0 Å². The van der Waals surface area contributed by atoms with Gasteiger partial charge in [-0.25, -0.2) is 12.8 Å². The quantitative estimate of drug-likeness (QED) is 0.172. The summed E-state index contributed by atoms with van der Waals surface area (Å²) in [6.07, 6.45) is 0.784. The molecule has 4 aromatic carbocycles. The van der Waals surface area contributed by atoms with Gasteiger partial charge in [0.25, 0.3) is 10.0 Å². The van der Waals surface area contributed by atoms with Crippen LogP contribution in [0.25, 0.3) is 0 Å². The van der Waals surface area contributed by atoms with Crippen LogP contribution in [0.3, 0.4) is 0 Å². The van der Waals surface area contributed by atoms with Crippen LogP contribution in [0.15, 0.2) is 114 Å². The smallest absolute Gasteiger partial charge is 0.264 e. The third kappa shape index (κ3) is 8.51. The van der Waals surface area contributed by atoms with Crippen molar-refractivity contribution < 1.29 is 27.1 Å². The van der Waals surface area contributed by atoms with Gasteiger partial charge in [-0.2, -0.15) is 0 Å². The van der Waals surface area contributed by atoms with E-state index >= 15 is 4.39 Å². The molecule has 0 saturated heterocycles. The van der Waals surface area contributed by atoms with Crippen molar-refractivity contribution in [3.8, 4) is 5.75 Å². The number of sulfonamides is 1. The number of carbonyl (C=O) groups excluding carboxylic acids is 2. The van der Waals surface area contributed by atoms with Crippen molar-refractivity contribution in [2.45, 2.75) is 57.1 Å². The zero-order chi connectivity index (χ0) is 33.1. The first-order valence-electron chi connectivity index (χ1n) is 15.3. The predicted molar refractivity (Wildman–Crippen MR) is 177 cm³/mol. The summed E-state index contributed by atoms with van der Waals surface area (Å²) in [4.78, 5) is 29.7. The van der Waals surface area contributed by atoms with Gasteiger partial charge in [0.2, 0.25) is 11.8 Å². The molecule has 242 valence electrons. The molecule has 4 rings (SSSR count). The van der Waals surface area contributed by atoms with Gasteiger partial charge < -0.3 is 15.0 Å². The second-order valence-corrected chi connectivity index (χ2v) is 12.7. The predicted octanol–water partition coefficient (Wildman–Crippen LogP) is 5.97. The molecule has 0 bridgehead atoms. The zero-order valence-corrected chi connectivity index (χ0v) is 27.1. The zero-order valence-electron chi connectivity index (χ0n) is 26.3. The fourth-order valence-electron chi connectivity index (χ4n) is 4.98. The Morgan fingerprint density at radius 3 is 2.11 bits per heavy atom. The van der Waals surface area contributed by atoms with E-state index in [4.69, 9.17) is 4.74 Å². The number of carbonyl (C=O) groups is 2. The standard InChI is InChI=1S/C36H40FN3O5S/c1-4-27(3)38-36(42)33(24-28-16-8-6-9-17-28)39(25-29-18-12-13-21-31(29)37)35(41)26-40(32-22-14-15-23-34(32)45-5-2)46(43,44)30-19-10-7-11-20-30/h6-23,27,33H,4-5,24-26H2,1-3H3,(H,38,42). The monoisotopic (exact) mass is 645 g/mol. The maximum atomic E-state index is 15.1. The Kier molecular flexibility index (Phi) is 11.9. The number of ether oxygens (including phenoxy) is 1. The minimum absolute atomic E-state index is 0.0231. The van der Waals surface area contributed by atoms with Gasteiger partial charge in [-0.1, -0.05) is 85.8 Å². The highest BCUT2D eigenvalue weighted by atomic mass is 32.2. The molecule has 0 aromatic heterocycles. The average molecular weight is 646 g/mol. The lowest BCUT2D eigenvalue weighted by Crippen LogP contribution is -2.54. The number of nitrogens with zero attached hydrogens (tertiary/aromatic N) is 2. The lowest BCUT2D eigenvalue weighted by atomic mass is 10.0. The third-order valence-electron chi connectivity index (χ3n) is 7.61. The number of halogens is 1. The number of para-hydroxylation sites is 2. The van der Waals surface area contributed by atoms with E-state index < -0.39 is 40.2 Å². The highest BCUT2D eigenvalue weighted by Crippen LogP contribution is 2.33. The van der Waals surface area contributed by atoms with Crippen LogP contribution in [0, 0.1) is 5.82 Å². The number of amides is 2. The van der Waals surface area contributed by atoms with Gasteiger partial charge in [0, 0.05) is 24.6 Å². The van der Waals surface area contributed by atoms with Gasteiger partial charge in [-0.05, 0) is 56.2 Å². The summed E-state index contributed by atoms with van der Waals surface area (Å²) in [6.45, 7) is 4.90. The maximum absolute atomic E-state index is 15.1. The van der Waals surface area contributed by atoms with Gasteiger partial charge in [0.1, 0.15) is 24.2 Å². The Balaban J connectivity index is 1.84. The molecule has 0 radical (unpaired) electrons. The molecule has 0 heterocycles. The topological polar surface area (TPSA) is 96.0 Å². The normalized spacial score (nSPS) is 12.5. The number of benzene rings is 4. The van der Waals surface area contributed by atoms with Gasteiger partial charge in [-0.15, -0.1) is 0 Å². The van der Waals surface area contributed by atoms with Crippen molar-refractivity contribution in [2.75, 3.05) is 17.5 Å². The van der Waals surface area contributed by atoms with Gasteiger partial charge in [0.15, 0.2) is 0 Å². The molecule has 0 fully saturated rings. The van der Waals surface area contributed by atoms with Gasteiger partial charge >= 0.3 is 0 Å². The number of hydrogen-bond acceptors (Lipinski definition) is 5. The highest BCUT2D eigenvalue weighted by molar-refractivity contribution is 7.92. The fourth-order valence-corrected chi connectivity index (χ4v) is 6.42. The van der Waals surface area contributed by atoms with E-state index in [1.165, 1.54) is 23.1 Å². The van der Waals surface area contributed by atoms with Crippen LogP contribution < -0.4 is 14.4 Å². The Bertz CT molecular complexity index is 1700. The largest absolute Gasteiger partial charge is 0.492 e. The molecule has 2 amide bonds. The van der Waals surface area contributed by atoms with Crippen molar-refractivity contribution >= 4 is 27.5 Å². The molecule has 0 spiro atoms. The molecule has 0 saturated carbocycles. The van der Waals surface area contributed by atoms with Crippen LogP contribution in [-0.4, -0.2) is 50.4 Å². The molecule has 2 atom stereocenters. The first-order chi connectivity index (χ1) is 22.1. The van der Waals surface area contributed by atoms with Crippen molar-refractivity contribution in [2.24, 2.45) is 0 Å². The third-order valence-corrected chi connectivity index (χ3v) is 9.39. The number of hydrogen-bond donors (Lipinski definition) is 1. The first-order valence-corrected chi connectivity index (χ1v) is 16.8. The van der Waals surface area contributed by atoms with Crippen LogP contribution in [0.4, 0.5) is 10.1 Å². The van der Waals surface area contributed by atoms with E-state index in [2.05, 4.69) is 5.32 Å². The maximum Gasteiger partial charge on any atom is 0.264 e. The second-order valence-electron chi connectivity index (χ2n) is 10.9. The molecule has 10 heteroatoms. The summed E-state index contributed by atoms with van der Waals surface area (Å²) < 4.78 is 50.3. The van der Waals surface area contributed by atoms with E-state index in [0.29, 0.717) is 6.42 Å². The lowest BCUT2D eigenvalue weighted by molar-refractivity contribution is -0.140. The molecule has 0 aliphatic rings. The molecular formula is C36H40FN3O5S. The summed E-state index contributed by atoms with van der Waals surface area (Å²) >= 11 is 0. The van der Waals surface area contributed by atoms with Crippen molar-refractivity contribution in [3.05, 3.63) is 126 Å². The number of nitrogens with one attached hydrogen (secondary N) is 1. The lowest BCUT2D eigenvalue weighted by Gasteiger charge is -2.34. The van der Waals surface area contributed by atoms with Crippen molar-refractivity contribution in [3.63, 3.8) is 0 Å². The van der Waals surface area contributed by atoms with Crippen molar-refractivity contribution in [1.82, 2.24) is 10.2 Å². The molecule has 0 aliphatic heterocycles. The highest BCUT2D eigenvalue weighted by Gasteiger charge is 2.36. The van der Waals surface area contributed by atoms with Crippen LogP contribution in [0.1, 0.15) is 38.3 Å². The fraction of sp³-hybridized carbons (Fsp3) is 0.278. The summed E-state index contributed by atoms with van der Waals surface area (Å²) in [5.74, 6) is -1.38. The average Bonchev–Trinajstić information content (AvgIpc) is 3.07. The SMILES string of the molecule is CCOc1ccccc1N(CC(=O)N(Cc1ccccc1F)C(Cc1ccccc1)C(=O)NC(C)CC)S(=O)(=O)c1ccccc1. The molecule has 0 aliphatic carbocycles. The van der Waals surface area contributed by atoms with E-state index in [1.54, 1.807) is 67.6 Å². The van der Waals surface area contributed by atoms with E-state index in [0.717, 1.165) is 9.87 Å². The molecule has 2 unspecified atom stereocenters. The van der Waals surface area contributed by atoms with Crippen LogP contribution in [0.2, 0.25) is 0 Å².